The van der Waals surface area contributed by atoms with Crippen molar-refractivity contribution in [1.82, 2.24) is 4.31 Å². The number of aryl methyl sites for hydroxylation is 1. The summed E-state index contributed by atoms with van der Waals surface area (Å²) in [5.41, 5.74) is 0.624. The van der Waals surface area contributed by atoms with E-state index in [9.17, 15) is 13.5 Å². The number of nitrogens with zero attached hydrogens (tertiary/aromatic N) is 1. The molecule has 0 bridgehead atoms. The fourth-order valence-corrected chi connectivity index (χ4v) is 3.90. The maximum atomic E-state index is 12.3. The lowest BCUT2D eigenvalue weighted by Gasteiger charge is -2.17. The summed E-state index contributed by atoms with van der Waals surface area (Å²) >= 11 is 5.80. The zero-order chi connectivity index (χ0) is 12.6. The van der Waals surface area contributed by atoms with E-state index in [2.05, 4.69) is 0 Å². The second kappa shape index (κ2) is 4.57. The second-order valence-corrected chi connectivity index (χ2v) is 6.56. The molecule has 2 rings (SSSR count). The number of hydrogen-bond donors (Lipinski definition) is 1. The Labute approximate surface area is 106 Å². The van der Waals surface area contributed by atoms with Crippen molar-refractivity contribution in [2.45, 2.75) is 24.3 Å². The van der Waals surface area contributed by atoms with Crippen LogP contribution in [-0.4, -0.2) is 37.0 Å². The molecule has 0 spiro atoms. The highest BCUT2D eigenvalue weighted by Gasteiger charge is 2.32. The van der Waals surface area contributed by atoms with Crippen molar-refractivity contribution in [2.24, 2.45) is 0 Å². The van der Waals surface area contributed by atoms with Crippen molar-refractivity contribution in [3.63, 3.8) is 0 Å². The molecule has 1 aromatic carbocycles. The molecule has 0 amide bonds. The van der Waals surface area contributed by atoms with Gasteiger partial charge in [0.25, 0.3) is 0 Å². The van der Waals surface area contributed by atoms with Crippen molar-refractivity contribution in [1.29, 1.82) is 0 Å². The number of rotatable bonds is 2. The van der Waals surface area contributed by atoms with Crippen LogP contribution in [0.1, 0.15) is 12.0 Å². The summed E-state index contributed by atoms with van der Waals surface area (Å²) in [7, 11) is -3.50. The van der Waals surface area contributed by atoms with Gasteiger partial charge >= 0.3 is 0 Å². The predicted molar refractivity (Wildman–Crippen MR) is 65.6 cm³/mol. The topological polar surface area (TPSA) is 57.6 Å². The van der Waals surface area contributed by atoms with Crippen molar-refractivity contribution in [3.8, 4) is 0 Å². The zero-order valence-electron chi connectivity index (χ0n) is 9.43. The molecule has 0 radical (unpaired) electrons. The van der Waals surface area contributed by atoms with Crippen molar-refractivity contribution in [2.75, 3.05) is 13.1 Å². The molecule has 17 heavy (non-hydrogen) atoms. The Kier molecular flexibility index (Phi) is 3.45. The standard InChI is InChI=1S/C11H14ClNO3S/c1-8-6-9(12)2-3-11(8)17(15,16)13-5-4-10(14)7-13/h2-3,6,10,14H,4-5,7H2,1H3/t10-/m0/s1. The smallest absolute Gasteiger partial charge is 0.243 e. The zero-order valence-corrected chi connectivity index (χ0v) is 11.0. The Hall–Kier alpha value is -0.620. The van der Waals surface area contributed by atoms with Gasteiger partial charge in [-0.25, -0.2) is 8.42 Å². The van der Waals surface area contributed by atoms with Crippen LogP contribution in [0.5, 0.6) is 0 Å². The number of β-amino-alcohol motifs (C(OH)–C–C–N with tert-alkyl or cyclic N) is 1. The monoisotopic (exact) mass is 275 g/mol. The van der Waals surface area contributed by atoms with Gasteiger partial charge in [0.05, 0.1) is 11.0 Å². The molecule has 0 aromatic heterocycles. The van der Waals surface area contributed by atoms with E-state index >= 15 is 0 Å². The number of benzene rings is 1. The lowest BCUT2D eigenvalue weighted by atomic mass is 10.2. The van der Waals surface area contributed by atoms with Crippen LogP contribution < -0.4 is 0 Å². The predicted octanol–water partition coefficient (Wildman–Crippen LogP) is 1.40. The summed E-state index contributed by atoms with van der Waals surface area (Å²) in [6.45, 7) is 2.25. The van der Waals surface area contributed by atoms with E-state index in [0.29, 0.717) is 23.6 Å². The van der Waals surface area contributed by atoms with Crippen LogP contribution in [0.4, 0.5) is 0 Å². The normalized spacial score (nSPS) is 21.9. The number of aliphatic hydroxyl groups excluding tert-OH is 1. The van der Waals surface area contributed by atoms with Gasteiger partial charge in [-0.05, 0) is 37.1 Å². The largest absolute Gasteiger partial charge is 0.392 e. The summed E-state index contributed by atoms with van der Waals surface area (Å²) < 4.78 is 25.9. The Balaban J connectivity index is 2.38. The average molecular weight is 276 g/mol. The van der Waals surface area contributed by atoms with E-state index in [-0.39, 0.29) is 11.4 Å². The van der Waals surface area contributed by atoms with E-state index in [4.69, 9.17) is 11.6 Å². The maximum Gasteiger partial charge on any atom is 0.243 e. The van der Waals surface area contributed by atoms with Crippen LogP contribution in [0.25, 0.3) is 0 Å². The highest BCUT2D eigenvalue weighted by molar-refractivity contribution is 7.89. The van der Waals surface area contributed by atoms with Crippen LogP contribution in [0.3, 0.4) is 0 Å². The first-order valence-corrected chi connectivity index (χ1v) is 7.17. The van der Waals surface area contributed by atoms with Gasteiger partial charge in [-0.1, -0.05) is 11.6 Å². The Bertz CT molecular complexity index is 530. The molecule has 0 saturated carbocycles. The molecule has 1 N–H and O–H groups in total. The minimum atomic E-state index is -3.50. The molecule has 94 valence electrons. The fraction of sp³-hybridized carbons (Fsp3) is 0.455. The second-order valence-electron chi connectivity index (χ2n) is 4.22. The van der Waals surface area contributed by atoms with Gasteiger partial charge in [-0.15, -0.1) is 0 Å². The number of hydrogen-bond acceptors (Lipinski definition) is 3. The van der Waals surface area contributed by atoms with Gasteiger partial charge in [0.1, 0.15) is 0 Å². The van der Waals surface area contributed by atoms with Crippen molar-refractivity contribution in [3.05, 3.63) is 28.8 Å². The molecule has 4 nitrogen and oxygen atoms in total. The SMILES string of the molecule is Cc1cc(Cl)ccc1S(=O)(=O)N1CC[C@H](O)C1. The van der Waals surface area contributed by atoms with Gasteiger partial charge in [0, 0.05) is 18.1 Å². The summed E-state index contributed by atoms with van der Waals surface area (Å²) in [6, 6.07) is 4.70. The van der Waals surface area contributed by atoms with E-state index in [0.717, 1.165) is 0 Å². The summed E-state index contributed by atoms with van der Waals surface area (Å²) in [5, 5.41) is 9.91. The van der Waals surface area contributed by atoms with E-state index in [1.165, 1.54) is 10.4 Å². The van der Waals surface area contributed by atoms with E-state index in [1.807, 2.05) is 0 Å². The van der Waals surface area contributed by atoms with Crippen molar-refractivity contribution < 1.29 is 13.5 Å². The van der Waals surface area contributed by atoms with Crippen LogP contribution in [-0.2, 0) is 10.0 Å². The summed E-state index contributed by atoms with van der Waals surface area (Å²) in [5.74, 6) is 0. The lowest BCUT2D eigenvalue weighted by Crippen LogP contribution is -2.30. The third kappa shape index (κ3) is 2.47. The van der Waals surface area contributed by atoms with Crippen LogP contribution in [0.2, 0.25) is 5.02 Å². The fourth-order valence-electron chi connectivity index (χ4n) is 1.97. The van der Waals surface area contributed by atoms with Crippen LogP contribution in [0.15, 0.2) is 23.1 Å². The minimum Gasteiger partial charge on any atom is -0.392 e. The van der Waals surface area contributed by atoms with Crippen LogP contribution >= 0.6 is 11.6 Å². The van der Waals surface area contributed by atoms with E-state index < -0.39 is 16.1 Å². The summed E-state index contributed by atoms with van der Waals surface area (Å²) in [4.78, 5) is 0.260. The molecular weight excluding hydrogens is 262 g/mol. The number of halogens is 1. The molecule has 0 aliphatic carbocycles. The molecule has 1 saturated heterocycles. The number of sulfonamides is 1. The Morgan fingerprint density at radius 1 is 1.47 bits per heavy atom. The highest BCUT2D eigenvalue weighted by atomic mass is 35.5. The molecular formula is C11H14ClNO3S. The molecule has 1 aromatic rings. The van der Waals surface area contributed by atoms with Crippen molar-refractivity contribution >= 4 is 21.6 Å². The first-order chi connectivity index (χ1) is 7.91. The minimum absolute atomic E-state index is 0.171. The first-order valence-electron chi connectivity index (χ1n) is 5.35. The number of aliphatic hydroxyl groups is 1. The molecule has 1 aliphatic rings. The Morgan fingerprint density at radius 3 is 2.71 bits per heavy atom. The van der Waals surface area contributed by atoms with Crippen LogP contribution in [0, 0.1) is 6.92 Å². The van der Waals surface area contributed by atoms with Gasteiger partial charge in [-0.3, -0.25) is 0 Å². The quantitative estimate of drug-likeness (QED) is 0.888. The molecule has 1 heterocycles. The van der Waals surface area contributed by atoms with Gasteiger partial charge in [0.15, 0.2) is 0 Å². The molecule has 1 aliphatic heterocycles. The summed E-state index contributed by atoms with van der Waals surface area (Å²) in [6.07, 6.45) is -0.0660. The lowest BCUT2D eigenvalue weighted by molar-refractivity contribution is 0.189. The molecule has 0 unspecified atom stereocenters. The van der Waals surface area contributed by atoms with E-state index in [1.54, 1.807) is 19.1 Å². The average Bonchev–Trinajstić information content (AvgIpc) is 2.64. The first kappa shape index (κ1) is 12.8. The van der Waals surface area contributed by atoms with Gasteiger partial charge < -0.3 is 5.11 Å². The molecule has 1 fully saturated rings. The highest BCUT2D eigenvalue weighted by Crippen LogP contribution is 2.25. The van der Waals surface area contributed by atoms with Gasteiger partial charge in [-0.2, -0.15) is 4.31 Å². The maximum absolute atomic E-state index is 12.3. The molecule has 6 heteroatoms. The third-order valence-electron chi connectivity index (χ3n) is 2.88. The third-order valence-corrected chi connectivity index (χ3v) is 5.14. The molecule has 1 atom stereocenters. The Morgan fingerprint density at radius 2 is 2.18 bits per heavy atom. The van der Waals surface area contributed by atoms with Gasteiger partial charge in [0.2, 0.25) is 10.0 Å².